The number of aliphatic hydroxyl groups is 1. The van der Waals surface area contributed by atoms with Gasteiger partial charge >= 0.3 is 6.03 Å². The Labute approximate surface area is 141 Å². The van der Waals surface area contributed by atoms with Crippen LogP contribution in [0.4, 0.5) is 10.5 Å². The number of urea groups is 1. The van der Waals surface area contributed by atoms with Crippen molar-refractivity contribution in [1.29, 1.82) is 0 Å². The van der Waals surface area contributed by atoms with Crippen LogP contribution in [-0.2, 0) is 0 Å². The van der Waals surface area contributed by atoms with Gasteiger partial charge in [-0.1, -0.05) is 36.4 Å². The van der Waals surface area contributed by atoms with E-state index in [1.165, 1.54) is 0 Å². The zero-order valence-electron chi connectivity index (χ0n) is 13.4. The summed E-state index contributed by atoms with van der Waals surface area (Å²) < 4.78 is 5.46. The molecule has 0 heterocycles. The van der Waals surface area contributed by atoms with Gasteiger partial charge in [-0.05, 0) is 24.3 Å². The number of aliphatic hydroxyl groups excluding tert-OH is 1. The molecule has 0 saturated carbocycles. The lowest BCUT2D eigenvalue weighted by atomic mass is 10.3. The molecule has 0 bridgehead atoms. The molecule has 0 unspecified atom stereocenters. The van der Waals surface area contributed by atoms with Crippen molar-refractivity contribution in [2.24, 2.45) is 0 Å². The molecule has 0 aromatic heterocycles. The molecular weight excluding hydrogens is 306 g/mol. The molecule has 0 aliphatic heterocycles. The van der Waals surface area contributed by atoms with E-state index in [9.17, 15) is 9.90 Å². The lowest BCUT2D eigenvalue weighted by Gasteiger charge is -2.13. The van der Waals surface area contributed by atoms with Gasteiger partial charge in [0, 0.05) is 25.3 Å². The van der Waals surface area contributed by atoms with E-state index >= 15 is 0 Å². The molecule has 6 heteroatoms. The van der Waals surface area contributed by atoms with E-state index < -0.39 is 6.10 Å². The fraction of sp³-hybridized carbons (Fsp3) is 0.278. The summed E-state index contributed by atoms with van der Waals surface area (Å²) >= 11 is 0. The Hall–Kier alpha value is -2.57. The van der Waals surface area contributed by atoms with E-state index in [1.54, 1.807) is 0 Å². The van der Waals surface area contributed by atoms with Crippen molar-refractivity contribution in [3.8, 4) is 5.75 Å². The van der Waals surface area contributed by atoms with Crippen molar-refractivity contribution in [2.75, 3.05) is 31.6 Å². The predicted octanol–water partition coefficient (Wildman–Crippen LogP) is 1.84. The van der Waals surface area contributed by atoms with Gasteiger partial charge in [-0.2, -0.15) is 0 Å². The molecule has 0 aliphatic rings. The Balaban J connectivity index is 1.50. The highest BCUT2D eigenvalue weighted by atomic mass is 16.5. The maximum atomic E-state index is 11.6. The average Bonchev–Trinajstić information content (AvgIpc) is 2.61. The van der Waals surface area contributed by atoms with Crippen molar-refractivity contribution < 1.29 is 14.6 Å². The maximum Gasteiger partial charge on any atom is 0.319 e. The molecule has 128 valence electrons. The molecule has 0 radical (unpaired) electrons. The van der Waals surface area contributed by atoms with Crippen LogP contribution in [0.1, 0.15) is 0 Å². The highest BCUT2D eigenvalue weighted by molar-refractivity contribution is 5.89. The van der Waals surface area contributed by atoms with E-state index in [-0.39, 0.29) is 12.6 Å². The van der Waals surface area contributed by atoms with Crippen molar-refractivity contribution in [3.05, 3.63) is 60.7 Å². The molecule has 1 atom stereocenters. The van der Waals surface area contributed by atoms with Crippen molar-refractivity contribution in [2.45, 2.75) is 6.10 Å². The maximum absolute atomic E-state index is 11.6. The Morgan fingerprint density at radius 2 is 1.67 bits per heavy atom. The number of nitrogens with one attached hydrogen (secondary N) is 3. The van der Waals surface area contributed by atoms with Gasteiger partial charge in [0.2, 0.25) is 0 Å². The molecule has 2 aromatic carbocycles. The minimum Gasteiger partial charge on any atom is -0.491 e. The van der Waals surface area contributed by atoms with E-state index in [0.29, 0.717) is 19.6 Å². The van der Waals surface area contributed by atoms with Gasteiger partial charge in [0.15, 0.2) is 0 Å². The SMILES string of the molecule is O=C(NCCNC[C@@H](O)COc1ccccc1)Nc1ccccc1. The van der Waals surface area contributed by atoms with Crippen LogP contribution in [0.3, 0.4) is 0 Å². The summed E-state index contributed by atoms with van der Waals surface area (Å²) in [5, 5.41) is 18.4. The van der Waals surface area contributed by atoms with E-state index in [4.69, 9.17) is 4.74 Å². The molecule has 6 nitrogen and oxygen atoms in total. The quantitative estimate of drug-likeness (QED) is 0.529. The van der Waals surface area contributed by atoms with Gasteiger partial charge in [-0.3, -0.25) is 0 Å². The van der Waals surface area contributed by atoms with E-state index in [2.05, 4.69) is 16.0 Å². The second kappa shape index (κ2) is 10.3. The monoisotopic (exact) mass is 329 g/mol. The summed E-state index contributed by atoms with van der Waals surface area (Å²) in [6.45, 7) is 1.64. The third-order valence-electron chi connectivity index (χ3n) is 3.18. The summed E-state index contributed by atoms with van der Waals surface area (Å²) in [6, 6.07) is 18.3. The van der Waals surface area contributed by atoms with Gasteiger partial charge in [-0.25, -0.2) is 4.79 Å². The number of carbonyl (C=O) groups excluding carboxylic acids is 1. The standard InChI is InChI=1S/C18H23N3O3/c22-16(14-24-17-9-5-2-6-10-17)13-19-11-12-20-18(23)21-15-7-3-1-4-8-15/h1-10,16,19,22H,11-14H2,(H2,20,21,23)/t16-/m1/s1. The van der Waals surface area contributed by atoms with Crippen molar-refractivity contribution in [3.63, 3.8) is 0 Å². The highest BCUT2D eigenvalue weighted by Crippen LogP contribution is 2.08. The van der Waals surface area contributed by atoms with Gasteiger partial charge in [0.25, 0.3) is 0 Å². The number of rotatable bonds is 9. The van der Waals surface area contributed by atoms with Crippen LogP contribution in [0.5, 0.6) is 5.75 Å². The molecular formula is C18H23N3O3. The molecule has 0 aliphatic carbocycles. The smallest absolute Gasteiger partial charge is 0.319 e. The van der Waals surface area contributed by atoms with Gasteiger partial charge < -0.3 is 25.8 Å². The Bertz CT molecular complexity index is 593. The van der Waals surface area contributed by atoms with Gasteiger partial charge in [0.1, 0.15) is 18.5 Å². The summed E-state index contributed by atoms with van der Waals surface area (Å²) in [7, 11) is 0. The number of para-hydroxylation sites is 2. The zero-order valence-corrected chi connectivity index (χ0v) is 13.4. The minimum atomic E-state index is -0.608. The van der Waals surface area contributed by atoms with Crippen LogP contribution in [0.15, 0.2) is 60.7 Å². The van der Waals surface area contributed by atoms with Crippen LogP contribution in [0, 0.1) is 0 Å². The average molecular weight is 329 g/mol. The molecule has 0 fully saturated rings. The second-order valence-corrected chi connectivity index (χ2v) is 5.23. The number of benzene rings is 2. The molecule has 0 spiro atoms. The fourth-order valence-electron chi connectivity index (χ4n) is 2.00. The van der Waals surface area contributed by atoms with E-state index in [0.717, 1.165) is 11.4 Å². The van der Waals surface area contributed by atoms with Crippen LogP contribution in [0.2, 0.25) is 0 Å². The molecule has 2 amide bonds. The van der Waals surface area contributed by atoms with Gasteiger partial charge in [-0.15, -0.1) is 0 Å². The number of carbonyl (C=O) groups is 1. The first-order chi connectivity index (χ1) is 11.7. The molecule has 0 saturated heterocycles. The van der Waals surface area contributed by atoms with Crippen LogP contribution in [0.25, 0.3) is 0 Å². The largest absolute Gasteiger partial charge is 0.491 e. The molecule has 2 rings (SSSR count). The third-order valence-corrected chi connectivity index (χ3v) is 3.18. The Morgan fingerprint density at radius 3 is 2.38 bits per heavy atom. The second-order valence-electron chi connectivity index (χ2n) is 5.23. The predicted molar refractivity (Wildman–Crippen MR) is 94.3 cm³/mol. The van der Waals surface area contributed by atoms with Crippen LogP contribution < -0.4 is 20.7 Å². The normalized spacial score (nSPS) is 11.5. The first kappa shape index (κ1) is 17.8. The topological polar surface area (TPSA) is 82.6 Å². The lowest BCUT2D eigenvalue weighted by molar-refractivity contribution is 0.106. The number of amides is 2. The summed E-state index contributed by atoms with van der Waals surface area (Å²) in [5.41, 5.74) is 0.747. The third kappa shape index (κ3) is 7.13. The molecule has 2 aromatic rings. The Morgan fingerprint density at radius 1 is 1.00 bits per heavy atom. The minimum absolute atomic E-state index is 0.221. The first-order valence-corrected chi connectivity index (χ1v) is 7.90. The van der Waals surface area contributed by atoms with Gasteiger partial charge in [0.05, 0.1) is 0 Å². The highest BCUT2D eigenvalue weighted by Gasteiger charge is 2.05. The van der Waals surface area contributed by atoms with Crippen molar-refractivity contribution >= 4 is 11.7 Å². The van der Waals surface area contributed by atoms with Crippen LogP contribution >= 0.6 is 0 Å². The molecule has 4 N–H and O–H groups in total. The Kier molecular flexibility index (Phi) is 7.59. The number of ether oxygens (including phenoxy) is 1. The zero-order chi connectivity index (χ0) is 17.0. The number of hydrogen-bond donors (Lipinski definition) is 4. The van der Waals surface area contributed by atoms with Crippen LogP contribution in [-0.4, -0.2) is 43.5 Å². The molecule has 24 heavy (non-hydrogen) atoms. The first-order valence-electron chi connectivity index (χ1n) is 7.90. The summed E-state index contributed by atoms with van der Waals surface area (Å²) in [4.78, 5) is 11.6. The lowest BCUT2D eigenvalue weighted by Crippen LogP contribution is -2.38. The fourth-order valence-corrected chi connectivity index (χ4v) is 2.00. The summed E-state index contributed by atoms with van der Waals surface area (Å²) in [6.07, 6.45) is -0.608. The van der Waals surface area contributed by atoms with Crippen molar-refractivity contribution in [1.82, 2.24) is 10.6 Å². The number of hydrogen-bond acceptors (Lipinski definition) is 4. The summed E-state index contributed by atoms with van der Waals surface area (Å²) in [5.74, 6) is 0.732. The number of anilines is 1. The van der Waals surface area contributed by atoms with E-state index in [1.807, 2.05) is 60.7 Å².